The fraction of sp³-hybridized carbons (Fsp3) is 0.143. The molecule has 0 aliphatic heterocycles. The molecule has 98 valence electrons. The summed E-state index contributed by atoms with van der Waals surface area (Å²) >= 11 is 9.16. The lowest BCUT2D eigenvalue weighted by atomic mass is 10.2. The average molecular weight is 340 g/mol. The van der Waals surface area contributed by atoms with Crippen molar-refractivity contribution in [2.45, 2.75) is 13.5 Å². The molecule has 1 N–H and O–H groups in total. The topological polar surface area (TPSA) is 42.0 Å². The molecule has 0 fully saturated rings. The van der Waals surface area contributed by atoms with Crippen molar-refractivity contribution in [1.82, 2.24) is 10.3 Å². The number of halogens is 2. The van der Waals surface area contributed by atoms with E-state index in [1.807, 2.05) is 25.1 Å². The summed E-state index contributed by atoms with van der Waals surface area (Å²) in [5.74, 6) is -0.160. The summed E-state index contributed by atoms with van der Waals surface area (Å²) in [4.78, 5) is 16.4. The number of aryl methyl sites for hydroxylation is 1. The molecule has 1 aromatic carbocycles. The quantitative estimate of drug-likeness (QED) is 0.925. The van der Waals surface area contributed by atoms with E-state index in [1.54, 1.807) is 18.2 Å². The monoisotopic (exact) mass is 338 g/mol. The Morgan fingerprint density at radius 2 is 2.16 bits per heavy atom. The predicted octanol–water partition coefficient (Wildman–Crippen LogP) is 3.74. The molecule has 0 aliphatic rings. The van der Waals surface area contributed by atoms with Gasteiger partial charge in [-0.15, -0.1) is 0 Å². The van der Waals surface area contributed by atoms with Gasteiger partial charge in [0.2, 0.25) is 0 Å². The number of carbonyl (C=O) groups excluding carboxylic acids is 1. The van der Waals surface area contributed by atoms with Crippen LogP contribution < -0.4 is 5.32 Å². The van der Waals surface area contributed by atoms with Gasteiger partial charge >= 0.3 is 0 Å². The lowest BCUT2D eigenvalue weighted by molar-refractivity contribution is 0.0949. The van der Waals surface area contributed by atoms with Crippen molar-refractivity contribution in [1.29, 1.82) is 0 Å². The molecule has 2 rings (SSSR count). The van der Waals surface area contributed by atoms with E-state index >= 15 is 0 Å². The molecule has 1 aromatic heterocycles. The molecule has 0 radical (unpaired) electrons. The number of hydrogen-bond acceptors (Lipinski definition) is 2. The summed E-state index contributed by atoms with van der Waals surface area (Å²) in [5, 5.41) is 3.42. The molecule has 1 heterocycles. The molecule has 0 atom stereocenters. The molecule has 0 spiro atoms. The first-order valence-electron chi connectivity index (χ1n) is 5.72. The van der Waals surface area contributed by atoms with Crippen LogP contribution in [0.4, 0.5) is 0 Å². The van der Waals surface area contributed by atoms with Crippen LogP contribution in [0.3, 0.4) is 0 Å². The Kier molecular flexibility index (Phi) is 4.56. The minimum atomic E-state index is -0.160. The molecular formula is C14H12BrClN2O. The van der Waals surface area contributed by atoms with Crippen LogP contribution >= 0.6 is 27.5 Å². The minimum Gasteiger partial charge on any atom is -0.346 e. The second-order valence-corrected chi connectivity index (χ2v) is 5.37. The number of amides is 1. The standard InChI is InChI=1S/C14H12BrClN2O/c1-9-3-2-4-11(18-9)8-17-14(19)12-6-5-10(16)7-13(12)15/h2-7H,8H2,1H3,(H,17,19). The van der Waals surface area contributed by atoms with Gasteiger partial charge in [0.1, 0.15) is 0 Å². The normalized spacial score (nSPS) is 10.3. The van der Waals surface area contributed by atoms with Crippen molar-refractivity contribution in [2.75, 3.05) is 0 Å². The van der Waals surface area contributed by atoms with E-state index in [9.17, 15) is 4.79 Å². The highest BCUT2D eigenvalue weighted by molar-refractivity contribution is 9.10. The summed E-state index contributed by atoms with van der Waals surface area (Å²) in [6.45, 7) is 2.32. The van der Waals surface area contributed by atoms with Crippen LogP contribution in [0.2, 0.25) is 5.02 Å². The van der Waals surface area contributed by atoms with E-state index in [0.29, 0.717) is 21.6 Å². The molecule has 0 saturated carbocycles. The number of benzene rings is 1. The van der Waals surface area contributed by atoms with E-state index in [0.717, 1.165) is 11.4 Å². The average Bonchev–Trinajstić information content (AvgIpc) is 2.36. The molecule has 1 amide bonds. The second kappa shape index (κ2) is 6.17. The Balaban J connectivity index is 2.05. The van der Waals surface area contributed by atoms with Gasteiger partial charge < -0.3 is 5.32 Å². The van der Waals surface area contributed by atoms with Crippen LogP contribution in [-0.4, -0.2) is 10.9 Å². The van der Waals surface area contributed by atoms with Crippen LogP contribution in [-0.2, 0) is 6.54 Å². The number of carbonyl (C=O) groups is 1. The molecule has 3 nitrogen and oxygen atoms in total. The minimum absolute atomic E-state index is 0.160. The smallest absolute Gasteiger partial charge is 0.252 e. The van der Waals surface area contributed by atoms with Gasteiger partial charge in [-0.2, -0.15) is 0 Å². The van der Waals surface area contributed by atoms with Gasteiger partial charge in [0.15, 0.2) is 0 Å². The van der Waals surface area contributed by atoms with Gasteiger partial charge in [0.05, 0.1) is 17.8 Å². The number of hydrogen-bond donors (Lipinski definition) is 1. The number of nitrogens with zero attached hydrogens (tertiary/aromatic N) is 1. The summed E-state index contributed by atoms with van der Waals surface area (Å²) in [7, 11) is 0. The third-order valence-corrected chi connectivity index (χ3v) is 3.44. The van der Waals surface area contributed by atoms with Crippen molar-refractivity contribution < 1.29 is 4.79 Å². The Morgan fingerprint density at radius 3 is 2.84 bits per heavy atom. The van der Waals surface area contributed by atoms with Gasteiger partial charge in [-0.1, -0.05) is 17.7 Å². The highest BCUT2D eigenvalue weighted by Crippen LogP contribution is 2.21. The first kappa shape index (κ1) is 14.0. The Bertz CT molecular complexity index is 616. The fourth-order valence-corrected chi connectivity index (χ4v) is 2.50. The SMILES string of the molecule is Cc1cccc(CNC(=O)c2ccc(Cl)cc2Br)n1. The maximum Gasteiger partial charge on any atom is 0.252 e. The number of rotatable bonds is 3. The lowest BCUT2D eigenvalue weighted by Gasteiger charge is -2.07. The number of pyridine rings is 1. The maximum atomic E-state index is 12.0. The van der Waals surface area contributed by atoms with Crippen LogP contribution in [0.15, 0.2) is 40.9 Å². The van der Waals surface area contributed by atoms with Gasteiger partial charge in [0.25, 0.3) is 5.91 Å². The van der Waals surface area contributed by atoms with Crippen molar-refractivity contribution in [3.05, 3.63) is 62.8 Å². The fourth-order valence-electron chi connectivity index (χ4n) is 1.64. The van der Waals surface area contributed by atoms with E-state index in [4.69, 9.17) is 11.6 Å². The molecule has 0 unspecified atom stereocenters. The number of nitrogens with one attached hydrogen (secondary N) is 1. The van der Waals surface area contributed by atoms with Crippen molar-refractivity contribution in [3.8, 4) is 0 Å². The molecule has 0 saturated heterocycles. The van der Waals surface area contributed by atoms with Gasteiger partial charge in [-0.25, -0.2) is 0 Å². The van der Waals surface area contributed by atoms with Crippen LogP contribution in [0, 0.1) is 6.92 Å². The van der Waals surface area contributed by atoms with E-state index in [2.05, 4.69) is 26.2 Å². The van der Waals surface area contributed by atoms with E-state index in [-0.39, 0.29) is 5.91 Å². The Morgan fingerprint density at radius 1 is 1.37 bits per heavy atom. The third-order valence-electron chi connectivity index (χ3n) is 2.55. The largest absolute Gasteiger partial charge is 0.346 e. The van der Waals surface area contributed by atoms with Gasteiger partial charge in [-0.3, -0.25) is 9.78 Å². The molecule has 2 aromatic rings. The first-order valence-corrected chi connectivity index (χ1v) is 6.89. The second-order valence-electron chi connectivity index (χ2n) is 4.08. The van der Waals surface area contributed by atoms with Crippen LogP contribution in [0.1, 0.15) is 21.7 Å². The zero-order valence-electron chi connectivity index (χ0n) is 10.3. The van der Waals surface area contributed by atoms with Gasteiger partial charge in [0, 0.05) is 15.2 Å². The van der Waals surface area contributed by atoms with E-state index in [1.165, 1.54) is 0 Å². The number of aromatic nitrogens is 1. The van der Waals surface area contributed by atoms with Crippen LogP contribution in [0.25, 0.3) is 0 Å². The van der Waals surface area contributed by atoms with E-state index < -0.39 is 0 Å². The van der Waals surface area contributed by atoms with Crippen LogP contribution in [0.5, 0.6) is 0 Å². The highest BCUT2D eigenvalue weighted by atomic mass is 79.9. The first-order chi connectivity index (χ1) is 9.06. The summed E-state index contributed by atoms with van der Waals surface area (Å²) in [6.07, 6.45) is 0. The van der Waals surface area contributed by atoms with Crippen molar-refractivity contribution >= 4 is 33.4 Å². The zero-order valence-corrected chi connectivity index (χ0v) is 12.6. The lowest BCUT2D eigenvalue weighted by Crippen LogP contribution is -2.23. The summed E-state index contributed by atoms with van der Waals surface area (Å²) in [5.41, 5.74) is 2.31. The van der Waals surface area contributed by atoms with Gasteiger partial charge in [-0.05, 0) is 53.2 Å². The summed E-state index contributed by atoms with van der Waals surface area (Å²) in [6, 6.07) is 10.8. The third kappa shape index (κ3) is 3.78. The Labute approximate surface area is 125 Å². The maximum absolute atomic E-state index is 12.0. The molecule has 0 aliphatic carbocycles. The predicted molar refractivity (Wildman–Crippen MR) is 79.3 cm³/mol. The summed E-state index contributed by atoms with van der Waals surface area (Å²) < 4.78 is 0.676. The zero-order chi connectivity index (χ0) is 13.8. The molecule has 5 heteroatoms. The molecule has 0 bridgehead atoms. The highest BCUT2D eigenvalue weighted by Gasteiger charge is 2.10. The van der Waals surface area contributed by atoms with Crippen molar-refractivity contribution in [2.24, 2.45) is 0 Å². The van der Waals surface area contributed by atoms with Crippen molar-refractivity contribution in [3.63, 3.8) is 0 Å². The Hall–Kier alpha value is -1.39. The molecule has 19 heavy (non-hydrogen) atoms. The molecular weight excluding hydrogens is 328 g/mol.